The molecule has 0 spiro atoms. The third-order valence-electron chi connectivity index (χ3n) is 4.18. The molecule has 102 valence electrons. The van der Waals surface area contributed by atoms with E-state index in [1.165, 1.54) is 25.7 Å². The summed E-state index contributed by atoms with van der Waals surface area (Å²) in [6, 6.07) is 0. The molecule has 2 rings (SSSR count). The zero-order valence-corrected chi connectivity index (χ0v) is 11.7. The van der Waals surface area contributed by atoms with Crippen LogP contribution in [0.25, 0.3) is 0 Å². The smallest absolute Gasteiger partial charge is 0.111 e. The van der Waals surface area contributed by atoms with Crippen molar-refractivity contribution in [3.63, 3.8) is 0 Å². The summed E-state index contributed by atoms with van der Waals surface area (Å²) < 4.78 is 2.18. The van der Waals surface area contributed by atoms with Gasteiger partial charge in [0.2, 0.25) is 0 Å². The fourth-order valence-electron chi connectivity index (χ4n) is 3.16. The Hall–Kier alpha value is -0.830. The lowest BCUT2D eigenvalue weighted by atomic mass is 9.79. The van der Waals surface area contributed by atoms with E-state index in [1.807, 2.05) is 12.4 Å². The standard InChI is InChI=1S/C15H26N2O/c1-3-8-17-9-7-16-15(17)11-14(18)13-6-4-5-12(2)10-13/h7,9,12-14,18H,3-6,8,10-11H2,1-2H3. The third-order valence-corrected chi connectivity index (χ3v) is 4.18. The number of nitrogens with zero attached hydrogens (tertiary/aromatic N) is 2. The summed E-state index contributed by atoms with van der Waals surface area (Å²) in [4.78, 5) is 4.39. The molecule has 0 aromatic carbocycles. The summed E-state index contributed by atoms with van der Waals surface area (Å²) >= 11 is 0. The molecule has 1 fully saturated rings. The van der Waals surface area contributed by atoms with E-state index in [2.05, 4.69) is 23.4 Å². The van der Waals surface area contributed by atoms with Crippen LogP contribution >= 0.6 is 0 Å². The molecule has 0 aliphatic heterocycles. The van der Waals surface area contributed by atoms with Gasteiger partial charge in [-0.05, 0) is 31.1 Å². The Morgan fingerprint density at radius 1 is 1.50 bits per heavy atom. The van der Waals surface area contributed by atoms with Crippen molar-refractivity contribution in [1.82, 2.24) is 9.55 Å². The minimum atomic E-state index is -0.217. The number of aromatic nitrogens is 2. The zero-order chi connectivity index (χ0) is 13.0. The van der Waals surface area contributed by atoms with Crippen LogP contribution in [-0.4, -0.2) is 20.8 Å². The highest BCUT2D eigenvalue weighted by Gasteiger charge is 2.26. The Kier molecular flexibility index (Phi) is 4.81. The second-order valence-corrected chi connectivity index (χ2v) is 5.84. The van der Waals surface area contributed by atoms with Crippen molar-refractivity contribution < 1.29 is 5.11 Å². The van der Waals surface area contributed by atoms with E-state index >= 15 is 0 Å². The highest BCUT2D eigenvalue weighted by molar-refractivity contribution is 4.95. The number of rotatable bonds is 5. The molecule has 3 heteroatoms. The number of hydrogen-bond acceptors (Lipinski definition) is 2. The SMILES string of the molecule is CCCn1ccnc1CC(O)C1CCCC(C)C1. The first-order valence-corrected chi connectivity index (χ1v) is 7.38. The van der Waals surface area contributed by atoms with E-state index in [9.17, 15) is 5.11 Å². The lowest BCUT2D eigenvalue weighted by Crippen LogP contribution is -2.28. The summed E-state index contributed by atoms with van der Waals surface area (Å²) in [6.07, 6.45) is 10.4. The summed E-state index contributed by atoms with van der Waals surface area (Å²) in [6.45, 7) is 5.48. The van der Waals surface area contributed by atoms with Crippen molar-refractivity contribution in [3.8, 4) is 0 Å². The quantitative estimate of drug-likeness (QED) is 0.872. The highest BCUT2D eigenvalue weighted by atomic mass is 16.3. The van der Waals surface area contributed by atoms with Crippen molar-refractivity contribution in [3.05, 3.63) is 18.2 Å². The lowest BCUT2D eigenvalue weighted by Gasteiger charge is -2.30. The molecule has 1 N–H and O–H groups in total. The lowest BCUT2D eigenvalue weighted by molar-refractivity contribution is 0.0697. The van der Waals surface area contributed by atoms with Crippen LogP contribution in [0.2, 0.25) is 0 Å². The molecule has 3 unspecified atom stereocenters. The van der Waals surface area contributed by atoms with Crippen LogP contribution in [0.5, 0.6) is 0 Å². The predicted molar refractivity (Wildman–Crippen MR) is 73.4 cm³/mol. The molecule has 0 bridgehead atoms. The summed E-state index contributed by atoms with van der Waals surface area (Å²) in [5, 5.41) is 10.4. The Morgan fingerprint density at radius 2 is 2.33 bits per heavy atom. The maximum atomic E-state index is 10.4. The molecule has 1 aromatic rings. The Labute approximate surface area is 110 Å². The third kappa shape index (κ3) is 3.35. The van der Waals surface area contributed by atoms with Crippen LogP contribution in [0.15, 0.2) is 12.4 Å². The minimum Gasteiger partial charge on any atom is -0.392 e. The van der Waals surface area contributed by atoms with E-state index in [-0.39, 0.29) is 6.10 Å². The maximum absolute atomic E-state index is 10.4. The molecule has 3 atom stereocenters. The maximum Gasteiger partial charge on any atom is 0.111 e. The molecule has 1 aliphatic carbocycles. The molecule has 18 heavy (non-hydrogen) atoms. The molecule has 1 heterocycles. The Morgan fingerprint density at radius 3 is 3.06 bits per heavy atom. The molecule has 0 amide bonds. The van der Waals surface area contributed by atoms with E-state index in [4.69, 9.17) is 0 Å². The van der Waals surface area contributed by atoms with Crippen molar-refractivity contribution in [2.75, 3.05) is 0 Å². The van der Waals surface area contributed by atoms with Gasteiger partial charge in [-0.25, -0.2) is 4.98 Å². The second kappa shape index (κ2) is 6.37. The first kappa shape index (κ1) is 13.6. The fraction of sp³-hybridized carbons (Fsp3) is 0.800. The van der Waals surface area contributed by atoms with Crippen molar-refractivity contribution in [2.24, 2.45) is 11.8 Å². The largest absolute Gasteiger partial charge is 0.392 e. The van der Waals surface area contributed by atoms with Gasteiger partial charge in [0.15, 0.2) is 0 Å². The first-order valence-electron chi connectivity index (χ1n) is 7.38. The average Bonchev–Trinajstić information content (AvgIpc) is 2.77. The van der Waals surface area contributed by atoms with E-state index < -0.39 is 0 Å². The number of aryl methyl sites for hydroxylation is 1. The van der Waals surface area contributed by atoms with E-state index in [1.54, 1.807) is 0 Å². The van der Waals surface area contributed by atoms with Crippen LogP contribution < -0.4 is 0 Å². The molecular weight excluding hydrogens is 224 g/mol. The van der Waals surface area contributed by atoms with Gasteiger partial charge in [-0.3, -0.25) is 0 Å². The summed E-state index contributed by atoms with van der Waals surface area (Å²) in [7, 11) is 0. The minimum absolute atomic E-state index is 0.217. The van der Waals surface area contributed by atoms with Crippen LogP contribution in [0.4, 0.5) is 0 Å². The van der Waals surface area contributed by atoms with Gasteiger partial charge in [-0.2, -0.15) is 0 Å². The van der Waals surface area contributed by atoms with Gasteiger partial charge in [0, 0.05) is 25.4 Å². The Bertz CT molecular complexity index is 361. The summed E-state index contributed by atoms with van der Waals surface area (Å²) in [5.41, 5.74) is 0. The fourth-order valence-corrected chi connectivity index (χ4v) is 3.16. The van der Waals surface area contributed by atoms with Crippen molar-refractivity contribution >= 4 is 0 Å². The second-order valence-electron chi connectivity index (χ2n) is 5.84. The molecular formula is C15H26N2O. The van der Waals surface area contributed by atoms with Gasteiger partial charge < -0.3 is 9.67 Å². The van der Waals surface area contributed by atoms with Crippen molar-refractivity contribution in [2.45, 2.75) is 65.0 Å². The number of aliphatic hydroxyl groups excluding tert-OH is 1. The molecule has 1 aromatic heterocycles. The van der Waals surface area contributed by atoms with E-state index in [0.29, 0.717) is 12.3 Å². The Balaban J connectivity index is 1.93. The van der Waals surface area contributed by atoms with Crippen LogP contribution in [0.3, 0.4) is 0 Å². The van der Waals surface area contributed by atoms with E-state index in [0.717, 1.165) is 24.7 Å². The van der Waals surface area contributed by atoms with Gasteiger partial charge in [-0.1, -0.05) is 26.7 Å². The highest BCUT2D eigenvalue weighted by Crippen LogP contribution is 2.31. The monoisotopic (exact) mass is 250 g/mol. The molecule has 0 saturated heterocycles. The molecule has 0 radical (unpaired) electrons. The number of imidazole rings is 1. The van der Waals surface area contributed by atoms with Gasteiger partial charge in [-0.15, -0.1) is 0 Å². The topological polar surface area (TPSA) is 38.0 Å². The number of hydrogen-bond donors (Lipinski definition) is 1. The predicted octanol–water partition coefficient (Wildman–Crippen LogP) is 3.02. The average molecular weight is 250 g/mol. The normalized spacial score (nSPS) is 26.2. The molecule has 1 aliphatic rings. The van der Waals surface area contributed by atoms with Gasteiger partial charge in [0.1, 0.15) is 5.82 Å². The van der Waals surface area contributed by atoms with Crippen LogP contribution in [-0.2, 0) is 13.0 Å². The van der Waals surface area contributed by atoms with Gasteiger partial charge in [0.25, 0.3) is 0 Å². The molecule has 1 saturated carbocycles. The van der Waals surface area contributed by atoms with Gasteiger partial charge >= 0.3 is 0 Å². The van der Waals surface area contributed by atoms with Crippen LogP contribution in [0.1, 0.15) is 51.8 Å². The van der Waals surface area contributed by atoms with Gasteiger partial charge in [0.05, 0.1) is 6.10 Å². The molecule has 3 nitrogen and oxygen atoms in total. The number of aliphatic hydroxyl groups is 1. The summed E-state index contributed by atoms with van der Waals surface area (Å²) in [5.74, 6) is 2.29. The van der Waals surface area contributed by atoms with Crippen LogP contribution in [0, 0.1) is 11.8 Å². The zero-order valence-electron chi connectivity index (χ0n) is 11.7. The first-order chi connectivity index (χ1) is 8.70. The van der Waals surface area contributed by atoms with Crippen molar-refractivity contribution in [1.29, 1.82) is 0 Å².